The zero-order valence-corrected chi connectivity index (χ0v) is 8.57. The number of nitrogens with zero attached hydrogens (tertiary/aromatic N) is 1. The second kappa shape index (κ2) is 5.05. The average molecular weight is 197 g/mol. The van der Waals surface area contributed by atoms with Crippen LogP contribution in [0.25, 0.3) is 0 Å². The molecule has 0 aliphatic heterocycles. The van der Waals surface area contributed by atoms with Crippen molar-refractivity contribution in [3.63, 3.8) is 0 Å². The number of aromatic nitrogens is 1. The summed E-state index contributed by atoms with van der Waals surface area (Å²) in [5.41, 5.74) is 0.561. The number of pyridine rings is 1. The first kappa shape index (κ1) is 11.1. The Morgan fingerprint density at radius 1 is 1.50 bits per heavy atom. The standard InChI is InChI=1S/C11H16FNO/c1-3-4-8(2)11(14)9-5-10(12)7-13-6-9/h5-8,11,14H,3-4H2,1-2H3. The molecule has 2 unspecified atom stereocenters. The Morgan fingerprint density at radius 3 is 2.79 bits per heavy atom. The smallest absolute Gasteiger partial charge is 0.141 e. The van der Waals surface area contributed by atoms with Crippen LogP contribution < -0.4 is 0 Å². The molecule has 0 radical (unpaired) electrons. The van der Waals surface area contributed by atoms with Crippen molar-refractivity contribution in [2.75, 3.05) is 0 Å². The minimum Gasteiger partial charge on any atom is -0.388 e. The third-order valence-electron chi connectivity index (χ3n) is 2.35. The van der Waals surface area contributed by atoms with E-state index < -0.39 is 11.9 Å². The fourth-order valence-electron chi connectivity index (χ4n) is 1.53. The largest absolute Gasteiger partial charge is 0.388 e. The predicted octanol–water partition coefficient (Wildman–Crippen LogP) is 2.69. The van der Waals surface area contributed by atoms with Crippen molar-refractivity contribution in [3.8, 4) is 0 Å². The van der Waals surface area contributed by atoms with Crippen LogP contribution >= 0.6 is 0 Å². The molecule has 0 bridgehead atoms. The van der Waals surface area contributed by atoms with Gasteiger partial charge in [-0.05, 0) is 18.4 Å². The molecule has 78 valence electrons. The van der Waals surface area contributed by atoms with Crippen molar-refractivity contribution in [2.24, 2.45) is 5.92 Å². The maximum Gasteiger partial charge on any atom is 0.141 e. The van der Waals surface area contributed by atoms with Gasteiger partial charge in [0.25, 0.3) is 0 Å². The van der Waals surface area contributed by atoms with Crippen molar-refractivity contribution < 1.29 is 9.50 Å². The summed E-state index contributed by atoms with van der Waals surface area (Å²) < 4.78 is 12.8. The lowest BCUT2D eigenvalue weighted by Gasteiger charge is -2.17. The van der Waals surface area contributed by atoms with E-state index in [1.165, 1.54) is 12.3 Å². The zero-order chi connectivity index (χ0) is 10.6. The number of hydrogen-bond acceptors (Lipinski definition) is 2. The molecule has 0 amide bonds. The molecule has 0 saturated carbocycles. The molecule has 1 rings (SSSR count). The maximum atomic E-state index is 12.8. The van der Waals surface area contributed by atoms with Crippen LogP contribution in [0.3, 0.4) is 0 Å². The van der Waals surface area contributed by atoms with Gasteiger partial charge >= 0.3 is 0 Å². The molecule has 0 aliphatic rings. The Labute approximate surface area is 83.8 Å². The lowest BCUT2D eigenvalue weighted by Crippen LogP contribution is -2.09. The monoisotopic (exact) mass is 197 g/mol. The number of hydrogen-bond donors (Lipinski definition) is 1. The summed E-state index contributed by atoms with van der Waals surface area (Å²) >= 11 is 0. The lowest BCUT2D eigenvalue weighted by molar-refractivity contribution is 0.111. The molecule has 1 aromatic rings. The van der Waals surface area contributed by atoms with Gasteiger partial charge in [0.05, 0.1) is 12.3 Å². The molecule has 2 atom stereocenters. The van der Waals surface area contributed by atoms with Gasteiger partial charge in [0, 0.05) is 11.8 Å². The normalized spacial score (nSPS) is 15.1. The lowest BCUT2D eigenvalue weighted by atomic mass is 9.95. The van der Waals surface area contributed by atoms with Gasteiger partial charge in [0.15, 0.2) is 0 Å². The SMILES string of the molecule is CCCC(C)C(O)c1cncc(F)c1. The molecule has 1 N–H and O–H groups in total. The quantitative estimate of drug-likeness (QED) is 0.805. The summed E-state index contributed by atoms with van der Waals surface area (Å²) in [6.07, 6.45) is 3.98. The fourth-order valence-corrected chi connectivity index (χ4v) is 1.53. The first-order valence-corrected chi connectivity index (χ1v) is 4.93. The molecule has 0 spiro atoms. The summed E-state index contributed by atoms with van der Waals surface area (Å²) in [4.78, 5) is 3.71. The second-order valence-corrected chi connectivity index (χ2v) is 3.65. The van der Waals surface area contributed by atoms with Crippen molar-refractivity contribution in [2.45, 2.75) is 32.8 Å². The third-order valence-corrected chi connectivity index (χ3v) is 2.35. The highest BCUT2D eigenvalue weighted by atomic mass is 19.1. The molecule has 0 fully saturated rings. The Kier molecular flexibility index (Phi) is 4.01. The Hall–Kier alpha value is -0.960. The molecular formula is C11H16FNO. The second-order valence-electron chi connectivity index (χ2n) is 3.65. The molecule has 3 heteroatoms. The van der Waals surface area contributed by atoms with E-state index in [-0.39, 0.29) is 5.92 Å². The van der Waals surface area contributed by atoms with E-state index in [0.29, 0.717) is 5.56 Å². The van der Waals surface area contributed by atoms with E-state index >= 15 is 0 Å². The molecule has 0 aromatic carbocycles. The summed E-state index contributed by atoms with van der Waals surface area (Å²) in [6.45, 7) is 4.02. The first-order valence-electron chi connectivity index (χ1n) is 4.93. The number of aliphatic hydroxyl groups excluding tert-OH is 1. The van der Waals surface area contributed by atoms with E-state index in [9.17, 15) is 9.50 Å². The van der Waals surface area contributed by atoms with E-state index in [4.69, 9.17) is 0 Å². The molecule has 0 saturated heterocycles. The van der Waals surface area contributed by atoms with E-state index in [0.717, 1.165) is 19.0 Å². The van der Waals surface area contributed by atoms with Gasteiger partial charge in [0.1, 0.15) is 5.82 Å². The maximum absolute atomic E-state index is 12.8. The van der Waals surface area contributed by atoms with Gasteiger partial charge in [0.2, 0.25) is 0 Å². The summed E-state index contributed by atoms with van der Waals surface area (Å²) in [7, 11) is 0. The topological polar surface area (TPSA) is 33.1 Å². The van der Waals surface area contributed by atoms with Crippen LogP contribution in [0.15, 0.2) is 18.5 Å². The predicted molar refractivity (Wildman–Crippen MR) is 53.2 cm³/mol. The summed E-state index contributed by atoms with van der Waals surface area (Å²) in [6, 6.07) is 1.34. The number of halogens is 1. The number of aliphatic hydroxyl groups is 1. The Balaban J connectivity index is 2.73. The van der Waals surface area contributed by atoms with Gasteiger partial charge in [-0.25, -0.2) is 4.39 Å². The van der Waals surface area contributed by atoms with E-state index in [1.807, 2.05) is 6.92 Å². The van der Waals surface area contributed by atoms with Gasteiger partial charge in [-0.1, -0.05) is 20.3 Å². The van der Waals surface area contributed by atoms with Crippen LogP contribution in [0.2, 0.25) is 0 Å². The first-order chi connectivity index (χ1) is 6.65. The van der Waals surface area contributed by atoms with Gasteiger partial charge in [-0.2, -0.15) is 0 Å². The van der Waals surface area contributed by atoms with Crippen molar-refractivity contribution in [1.82, 2.24) is 4.98 Å². The van der Waals surface area contributed by atoms with Crippen LogP contribution in [-0.2, 0) is 0 Å². The Bertz CT molecular complexity index is 290. The highest BCUT2D eigenvalue weighted by molar-refractivity contribution is 5.13. The van der Waals surface area contributed by atoms with E-state index in [1.54, 1.807) is 0 Å². The molecule has 1 heterocycles. The van der Waals surface area contributed by atoms with Crippen LogP contribution in [0, 0.1) is 11.7 Å². The molecule has 1 aromatic heterocycles. The minimum absolute atomic E-state index is 0.142. The van der Waals surface area contributed by atoms with Crippen molar-refractivity contribution in [3.05, 3.63) is 29.8 Å². The third kappa shape index (κ3) is 2.77. The van der Waals surface area contributed by atoms with Crippen LogP contribution in [0.1, 0.15) is 38.4 Å². The van der Waals surface area contributed by atoms with Gasteiger partial charge < -0.3 is 5.11 Å². The molecule has 14 heavy (non-hydrogen) atoms. The summed E-state index contributed by atoms with van der Waals surface area (Å²) in [5, 5.41) is 9.84. The van der Waals surface area contributed by atoms with Crippen molar-refractivity contribution in [1.29, 1.82) is 0 Å². The van der Waals surface area contributed by atoms with Gasteiger partial charge in [-0.15, -0.1) is 0 Å². The van der Waals surface area contributed by atoms with Crippen LogP contribution in [-0.4, -0.2) is 10.1 Å². The Morgan fingerprint density at radius 2 is 2.21 bits per heavy atom. The summed E-state index contributed by atoms with van der Waals surface area (Å²) in [5.74, 6) is -0.256. The minimum atomic E-state index is -0.613. The highest BCUT2D eigenvalue weighted by Gasteiger charge is 2.16. The molecule has 0 aliphatic carbocycles. The zero-order valence-electron chi connectivity index (χ0n) is 8.57. The number of rotatable bonds is 4. The van der Waals surface area contributed by atoms with Crippen molar-refractivity contribution >= 4 is 0 Å². The fraction of sp³-hybridized carbons (Fsp3) is 0.545. The molecule has 2 nitrogen and oxygen atoms in total. The van der Waals surface area contributed by atoms with Crippen LogP contribution in [0.4, 0.5) is 4.39 Å². The average Bonchev–Trinajstić information content (AvgIpc) is 2.17. The van der Waals surface area contributed by atoms with E-state index in [2.05, 4.69) is 11.9 Å². The van der Waals surface area contributed by atoms with Gasteiger partial charge in [-0.3, -0.25) is 4.98 Å². The highest BCUT2D eigenvalue weighted by Crippen LogP contribution is 2.24. The van der Waals surface area contributed by atoms with Crippen LogP contribution in [0.5, 0.6) is 0 Å². The molecular weight excluding hydrogens is 181 g/mol.